The van der Waals surface area contributed by atoms with E-state index in [9.17, 15) is 18.4 Å². The third-order valence-electron chi connectivity index (χ3n) is 4.12. The van der Waals surface area contributed by atoms with Gasteiger partial charge in [-0.15, -0.1) is 0 Å². The number of oxazole rings is 1. The standard InChI is InChI=1S/C17H15F2N3O3/c1-10(11-5-6-12(18)13(19)8-11)21(2)15(23)9-22-16-14(25-17(22)24)4-3-7-20-16/h3-8,10H,9H2,1-2H3/t10-/m0/s1. The van der Waals surface area contributed by atoms with E-state index in [0.717, 1.165) is 16.7 Å². The van der Waals surface area contributed by atoms with E-state index in [1.54, 1.807) is 19.1 Å². The summed E-state index contributed by atoms with van der Waals surface area (Å²) in [4.78, 5) is 29.8. The maximum Gasteiger partial charge on any atom is 0.421 e. The lowest BCUT2D eigenvalue weighted by atomic mass is 10.1. The molecule has 0 unspecified atom stereocenters. The normalized spacial score (nSPS) is 12.3. The van der Waals surface area contributed by atoms with Crippen LogP contribution in [0.2, 0.25) is 0 Å². The Morgan fingerprint density at radius 3 is 2.80 bits per heavy atom. The fourth-order valence-electron chi connectivity index (χ4n) is 2.50. The lowest BCUT2D eigenvalue weighted by molar-refractivity contribution is -0.132. The molecule has 1 atom stereocenters. The number of pyridine rings is 1. The topological polar surface area (TPSA) is 68.3 Å². The van der Waals surface area contributed by atoms with E-state index in [1.807, 2.05) is 0 Å². The molecular weight excluding hydrogens is 332 g/mol. The molecule has 3 rings (SSSR count). The van der Waals surface area contributed by atoms with Crippen LogP contribution in [0.1, 0.15) is 18.5 Å². The molecule has 1 aromatic carbocycles. The SMILES string of the molecule is C[C@@H](c1ccc(F)c(F)c1)N(C)C(=O)Cn1c(=O)oc2cccnc21. The fraction of sp³-hybridized carbons (Fsp3) is 0.235. The predicted molar refractivity (Wildman–Crippen MR) is 85.8 cm³/mol. The molecular formula is C17H15F2N3O3. The molecule has 0 spiro atoms. The van der Waals surface area contributed by atoms with Gasteiger partial charge in [0.15, 0.2) is 22.9 Å². The highest BCUT2D eigenvalue weighted by Gasteiger charge is 2.21. The molecule has 0 aliphatic rings. The van der Waals surface area contributed by atoms with Gasteiger partial charge in [-0.25, -0.2) is 23.1 Å². The van der Waals surface area contributed by atoms with Gasteiger partial charge < -0.3 is 9.32 Å². The smallest absolute Gasteiger partial charge is 0.406 e. The lowest BCUT2D eigenvalue weighted by Crippen LogP contribution is -2.34. The molecule has 0 aliphatic heterocycles. The van der Waals surface area contributed by atoms with E-state index in [1.165, 1.54) is 24.2 Å². The number of aromatic nitrogens is 2. The molecule has 130 valence electrons. The first-order valence-corrected chi connectivity index (χ1v) is 7.53. The van der Waals surface area contributed by atoms with Crippen molar-refractivity contribution in [2.45, 2.75) is 19.5 Å². The monoisotopic (exact) mass is 347 g/mol. The van der Waals surface area contributed by atoms with Crippen molar-refractivity contribution in [3.63, 3.8) is 0 Å². The summed E-state index contributed by atoms with van der Waals surface area (Å²) in [6.45, 7) is 1.41. The van der Waals surface area contributed by atoms with Crippen LogP contribution in [-0.2, 0) is 11.3 Å². The Balaban J connectivity index is 1.83. The number of hydrogen-bond acceptors (Lipinski definition) is 4. The molecule has 0 aliphatic carbocycles. The summed E-state index contributed by atoms with van der Waals surface area (Å²) in [5, 5.41) is 0. The van der Waals surface area contributed by atoms with Crippen LogP contribution in [0.15, 0.2) is 45.7 Å². The van der Waals surface area contributed by atoms with Gasteiger partial charge in [-0.2, -0.15) is 0 Å². The summed E-state index contributed by atoms with van der Waals surface area (Å²) < 4.78 is 32.6. The van der Waals surface area contributed by atoms with Crippen molar-refractivity contribution in [1.29, 1.82) is 0 Å². The van der Waals surface area contributed by atoms with Crippen molar-refractivity contribution in [2.75, 3.05) is 7.05 Å². The molecule has 2 heterocycles. The molecule has 0 N–H and O–H groups in total. The summed E-state index contributed by atoms with van der Waals surface area (Å²) >= 11 is 0. The van der Waals surface area contributed by atoms with Crippen LogP contribution >= 0.6 is 0 Å². The van der Waals surface area contributed by atoms with Crippen molar-refractivity contribution in [1.82, 2.24) is 14.5 Å². The minimum absolute atomic E-state index is 0.270. The Labute approximate surface area is 141 Å². The molecule has 0 saturated heterocycles. The Bertz CT molecular complexity index is 996. The number of halogens is 2. The van der Waals surface area contributed by atoms with Gasteiger partial charge in [-0.05, 0) is 36.8 Å². The van der Waals surface area contributed by atoms with Gasteiger partial charge in [-0.1, -0.05) is 6.07 Å². The molecule has 0 fully saturated rings. The lowest BCUT2D eigenvalue weighted by Gasteiger charge is -2.25. The average Bonchev–Trinajstić information content (AvgIpc) is 2.91. The van der Waals surface area contributed by atoms with Gasteiger partial charge in [0.1, 0.15) is 6.54 Å². The Hall–Kier alpha value is -3.03. The van der Waals surface area contributed by atoms with E-state index >= 15 is 0 Å². The third-order valence-corrected chi connectivity index (χ3v) is 4.12. The fourth-order valence-corrected chi connectivity index (χ4v) is 2.50. The number of carbonyl (C=O) groups excluding carboxylic acids is 1. The summed E-state index contributed by atoms with van der Waals surface area (Å²) in [7, 11) is 1.52. The Kier molecular flexibility index (Phi) is 4.35. The minimum atomic E-state index is -0.980. The van der Waals surface area contributed by atoms with Crippen LogP contribution in [0.3, 0.4) is 0 Å². The summed E-state index contributed by atoms with van der Waals surface area (Å²) in [6.07, 6.45) is 1.49. The van der Waals surface area contributed by atoms with Gasteiger partial charge in [0.2, 0.25) is 5.91 Å². The molecule has 6 nitrogen and oxygen atoms in total. The summed E-state index contributed by atoms with van der Waals surface area (Å²) in [5.74, 6) is -3.01. The second-order valence-corrected chi connectivity index (χ2v) is 5.63. The number of fused-ring (bicyclic) bond motifs is 1. The number of likely N-dealkylation sites (N-methyl/N-ethyl adjacent to an activating group) is 1. The Morgan fingerprint density at radius 2 is 2.08 bits per heavy atom. The molecule has 8 heteroatoms. The maximum absolute atomic E-state index is 13.4. The maximum atomic E-state index is 13.4. The van der Waals surface area contributed by atoms with E-state index < -0.39 is 29.3 Å². The third kappa shape index (κ3) is 3.15. The van der Waals surface area contributed by atoms with Crippen molar-refractivity contribution >= 4 is 17.1 Å². The second-order valence-electron chi connectivity index (χ2n) is 5.63. The van der Waals surface area contributed by atoms with Crippen LogP contribution in [0, 0.1) is 11.6 Å². The molecule has 3 aromatic rings. The highest BCUT2D eigenvalue weighted by molar-refractivity contribution is 5.78. The van der Waals surface area contributed by atoms with Gasteiger partial charge >= 0.3 is 5.76 Å². The van der Waals surface area contributed by atoms with Crippen molar-refractivity contribution < 1.29 is 18.0 Å². The van der Waals surface area contributed by atoms with E-state index in [-0.39, 0.29) is 17.8 Å². The van der Waals surface area contributed by atoms with Crippen molar-refractivity contribution in [3.8, 4) is 0 Å². The van der Waals surface area contributed by atoms with E-state index in [0.29, 0.717) is 5.56 Å². The molecule has 0 saturated carbocycles. The van der Waals surface area contributed by atoms with Crippen LogP contribution in [0.25, 0.3) is 11.2 Å². The molecule has 0 radical (unpaired) electrons. The average molecular weight is 347 g/mol. The summed E-state index contributed by atoms with van der Waals surface area (Å²) in [5.41, 5.74) is 1.00. The van der Waals surface area contributed by atoms with Gasteiger partial charge in [0.05, 0.1) is 6.04 Å². The van der Waals surface area contributed by atoms with Crippen LogP contribution in [0.5, 0.6) is 0 Å². The zero-order valence-electron chi connectivity index (χ0n) is 13.6. The number of rotatable bonds is 4. The van der Waals surface area contributed by atoms with Gasteiger partial charge in [0, 0.05) is 13.2 Å². The zero-order valence-corrected chi connectivity index (χ0v) is 13.6. The molecule has 1 amide bonds. The predicted octanol–water partition coefficient (Wildman–Crippen LogP) is 2.49. The van der Waals surface area contributed by atoms with Gasteiger partial charge in [-0.3, -0.25) is 4.79 Å². The number of hydrogen-bond donors (Lipinski definition) is 0. The highest BCUT2D eigenvalue weighted by Crippen LogP contribution is 2.21. The number of nitrogens with zero attached hydrogens (tertiary/aromatic N) is 3. The number of benzene rings is 1. The zero-order chi connectivity index (χ0) is 18.1. The van der Waals surface area contributed by atoms with E-state index in [4.69, 9.17) is 4.42 Å². The van der Waals surface area contributed by atoms with Gasteiger partial charge in [0.25, 0.3) is 0 Å². The molecule has 25 heavy (non-hydrogen) atoms. The highest BCUT2D eigenvalue weighted by atomic mass is 19.2. The van der Waals surface area contributed by atoms with Crippen molar-refractivity contribution in [3.05, 3.63) is 64.3 Å². The second kappa shape index (κ2) is 6.46. The summed E-state index contributed by atoms with van der Waals surface area (Å²) in [6, 6.07) is 6.16. The first kappa shape index (κ1) is 16.8. The molecule has 2 aromatic heterocycles. The van der Waals surface area contributed by atoms with E-state index in [2.05, 4.69) is 4.98 Å². The van der Waals surface area contributed by atoms with Crippen LogP contribution < -0.4 is 5.76 Å². The number of amides is 1. The Morgan fingerprint density at radius 1 is 1.32 bits per heavy atom. The quantitative estimate of drug-likeness (QED) is 0.727. The minimum Gasteiger partial charge on any atom is -0.406 e. The van der Waals surface area contributed by atoms with Crippen molar-refractivity contribution in [2.24, 2.45) is 0 Å². The number of carbonyl (C=O) groups is 1. The first-order valence-electron chi connectivity index (χ1n) is 7.53. The first-order chi connectivity index (χ1) is 11.9. The molecule has 0 bridgehead atoms. The largest absolute Gasteiger partial charge is 0.421 e. The van der Waals surface area contributed by atoms with Crippen LogP contribution in [0.4, 0.5) is 8.78 Å². The van der Waals surface area contributed by atoms with Crippen LogP contribution in [-0.4, -0.2) is 27.4 Å².